The van der Waals surface area contributed by atoms with E-state index in [1.807, 2.05) is 34.6 Å². The van der Waals surface area contributed by atoms with E-state index in [9.17, 15) is 4.79 Å². The molecule has 1 aromatic rings. The van der Waals surface area contributed by atoms with Crippen LogP contribution in [0.1, 0.15) is 34.6 Å². The predicted molar refractivity (Wildman–Crippen MR) is 66.8 cm³/mol. The lowest BCUT2D eigenvalue weighted by atomic mass is 10.1. The van der Waals surface area contributed by atoms with Gasteiger partial charge in [-0.3, -0.25) is 4.79 Å². The van der Waals surface area contributed by atoms with Gasteiger partial charge in [-0.05, 0) is 45.0 Å². The third kappa shape index (κ3) is 4.33. The van der Waals surface area contributed by atoms with E-state index in [1.54, 1.807) is 4.68 Å². The summed E-state index contributed by atoms with van der Waals surface area (Å²) in [6.45, 7) is 9.91. The van der Waals surface area contributed by atoms with Crippen LogP contribution in [0.2, 0.25) is 0 Å². The first-order valence-electron chi connectivity index (χ1n) is 5.51. The molecule has 0 bridgehead atoms. The average Bonchev–Trinajstić information content (AvgIpc) is 2.60. The Morgan fingerprint density at radius 3 is 2.65 bits per heavy atom. The van der Waals surface area contributed by atoms with Crippen molar-refractivity contribution in [1.29, 1.82) is 0 Å². The molecule has 0 aliphatic heterocycles. The summed E-state index contributed by atoms with van der Waals surface area (Å²) in [4.78, 5) is 11.5. The van der Waals surface area contributed by atoms with Gasteiger partial charge < -0.3 is 5.32 Å². The molecule has 1 aromatic heterocycles. The SMILES string of the molecule is CC(C)NC(=O)CSc1nnnn1C(C)(C)C. The van der Waals surface area contributed by atoms with Crippen LogP contribution in [0.5, 0.6) is 0 Å². The Hall–Kier alpha value is -1.11. The molecule has 6 nitrogen and oxygen atoms in total. The highest BCUT2D eigenvalue weighted by Gasteiger charge is 2.20. The van der Waals surface area contributed by atoms with Gasteiger partial charge in [-0.1, -0.05) is 11.8 Å². The van der Waals surface area contributed by atoms with Gasteiger partial charge in [0.1, 0.15) is 0 Å². The van der Waals surface area contributed by atoms with E-state index in [-0.39, 0.29) is 17.5 Å². The van der Waals surface area contributed by atoms with Crippen LogP contribution in [-0.2, 0) is 10.3 Å². The number of tetrazole rings is 1. The van der Waals surface area contributed by atoms with Gasteiger partial charge in [0.05, 0.1) is 11.3 Å². The zero-order valence-electron chi connectivity index (χ0n) is 10.9. The number of hydrogen-bond acceptors (Lipinski definition) is 5. The summed E-state index contributed by atoms with van der Waals surface area (Å²) in [5, 5.41) is 15.0. The van der Waals surface area contributed by atoms with Gasteiger partial charge in [0.2, 0.25) is 11.1 Å². The molecular weight excluding hydrogens is 238 g/mol. The van der Waals surface area contributed by atoms with Crippen LogP contribution >= 0.6 is 11.8 Å². The molecule has 1 amide bonds. The second-order valence-corrected chi connectivity index (χ2v) is 6.00. The minimum atomic E-state index is -0.180. The molecule has 0 aromatic carbocycles. The molecule has 0 fully saturated rings. The van der Waals surface area contributed by atoms with E-state index in [0.717, 1.165) is 0 Å². The molecule has 0 aliphatic rings. The Labute approximate surface area is 106 Å². The smallest absolute Gasteiger partial charge is 0.230 e. The fourth-order valence-corrected chi connectivity index (χ4v) is 2.05. The molecule has 1 rings (SSSR count). The van der Waals surface area contributed by atoms with Gasteiger partial charge in [0, 0.05) is 6.04 Å². The van der Waals surface area contributed by atoms with Crippen molar-refractivity contribution >= 4 is 17.7 Å². The Morgan fingerprint density at radius 2 is 2.12 bits per heavy atom. The summed E-state index contributed by atoms with van der Waals surface area (Å²) >= 11 is 1.35. The third-order valence-corrected chi connectivity index (χ3v) is 2.78. The van der Waals surface area contributed by atoms with Crippen molar-refractivity contribution in [1.82, 2.24) is 25.5 Å². The van der Waals surface area contributed by atoms with Crippen LogP contribution in [0.25, 0.3) is 0 Å². The van der Waals surface area contributed by atoms with E-state index < -0.39 is 0 Å². The van der Waals surface area contributed by atoms with Gasteiger partial charge in [-0.25, -0.2) is 4.68 Å². The lowest BCUT2D eigenvalue weighted by molar-refractivity contribution is -0.119. The molecule has 0 unspecified atom stereocenters. The lowest BCUT2D eigenvalue weighted by Gasteiger charge is -2.19. The maximum absolute atomic E-state index is 11.5. The normalized spacial score (nSPS) is 11.9. The molecule has 96 valence electrons. The number of rotatable bonds is 4. The molecule has 17 heavy (non-hydrogen) atoms. The Bertz CT molecular complexity index is 382. The van der Waals surface area contributed by atoms with E-state index in [2.05, 4.69) is 20.8 Å². The van der Waals surface area contributed by atoms with Crippen molar-refractivity contribution in [2.75, 3.05) is 5.75 Å². The molecule has 0 atom stereocenters. The van der Waals surface area contributed by atoms with Crippen LogP contribution in [0.4, 0.5) is 0 Å². The molecule has 0 radical (unpaired) electrons. The topological polar surface area (TPSA) is 72.7 Å². The van der Waals surface area contributed by atoms with Crippen LogP contribution in [-0.4, -0.2) is 37.9 Å². The van der Waals surface area contributed by atoms with E-state index in [4.69, 9.17) is 0 Å². The van der Waals surface area contributed by atoms with Gasteiger partial charge in [0.25, 0.3) is 0 Å². The number of hydrogen-bond donors (Lipinski definition) is 1. The summed E-state index contributed by atoms with van der Waals surface area (Å²) in [6, 6.07) is 0.154. The summed E-state index contributed by atoms with van der Waals surface area (Å²) in [7, 11) is 0. The molecule has 1 N–H and O–H groups in total. The third-order valence-electron chi connectivity index (χ3n) is 1.86. The fourth-order valence-electron chi connectivity index (χ4n) is 1.18. The minimum absolute atomic E-state index is 0.00606. The summed E-state index contributed by atoms with van der Waals surface area (Å²) < 4.78 is 1.72. The van der Waals surface area contributed by atoms with Crippen LogP contribution in [0.3, 0.4) is 0 Å². The number of thioether (sulfide) groups is 1. The summed E-state index contributed by atoms with van der Waals surface area (Å²) in [6.07, 6.45) is 0. The molecule has 7 heteroatoms. The maximum Gasteiger partial charge on any atom is 0.230 e. The van der Waals surface area contributed by atoms with E-state index >= 15 is 0 Å². The minimum Gasteiger partial charge on any atom is -0.353 e. The zero-order valence-corrected chi connectivity index (χ0v) is 11.7. The second-order valence-electron chi connectivity index (χ2n) is 5.05. The molecule has 1 heterocycles. The van der Waals surface area contributed by atoms with Gasteiger partial charge >= 0.3 is 0 Å². The first kappa shape index (κ1) is 14.0. The van der Waals surface area contributed by atoms with Crippen LogP contribution < -0.4 is 5.32 Å². The van der Waals surface area contributed by atoms with Crippen LogP contribution in [0.15, 0.2) is 5.16 Å². The first-order chi connectivity index (χ1) is 7.80. The van der Waals surface area contributed by atoms with Crippen molar-refractivity contribution in [2.45, 2.75) is 51.4 Å². The highest BCUT2D eigenvalue weighted by molar-refractivity contribution is 7.99. The number of aromatic nitrogens is 4. The lowest BCUT2D eigenvalue weighted by Crippen LogP contribution is -2.32. The van der Waals surface area contributed by atoms with Crippen LogP contribution in [0, 0.1) is 0 Å². The number of carbonyl (C=O) groups excluding carboxylic acids is 1. The fraction of sp³-hybridized carbons (Fsp3) is 0.800. The van der Waals surface area contributed by atoms with Crippen molar-refractivity contribution < 1.29 is 4.79 Å². The molecular formula is C10H19N5OS. The van der Waals surface area contributed by atoms with Crippen molar-refractivity contribution in [3.8, 4) is 0 Å². The first-order valence-corrected chi connectivity index (χ1v) is 6.50. The highest BCUT2D eigenvalue weighted by atomic mass is 32.2. The van der Waals surface area contributed by atoms with Crippen molar-refractivity contribution in [2.24, 2.45) is 0 Å². The Kier molecular flexibility index (Phi) is 4.50. The quantitative estimate of drug-likeness (QED) is 0.816. The van der Waals surface area contributed by atoms with E-state index in [1.165, 1.54) is 11.8 Å². The predicted octanol–water partition coefficient (Wildman–Crippen LogP) is 1.04. The number of carbonyl (C=O) groups is 1. The largest absolute Gasteiger partial charge is 0.353 e. The van der Waals surface area contributed by atoms with Gasteiger partial charge in [0.15, 0.2) is 0 Å². The molecule has 0 aliphatic carbocycles. The highest BCUT2D eigenvalue weighted by Crippen LogP contribution is 2.20. The van der Waals surface area contributed by atoms with Gasteiger partial charge in [-0.2, -0.15) is 0 Å². The Morgan fingerprint density at radius 1 is 1.47 bits per heavy atom. The molecule has 0 saturated carbocycles. The maximum atomic E-state index is 11.5. The summed E-state index contributed by atoms with van der Waals surface area (Å²) in [5.74, 6) is 0.322. The number of amides is 1. The van der Waals surface area contributed by atoms with E-state index in [0.29, 0.717) is 10.9 Å². The van der Waals surface area contributed by atoms with Crippen molar-refractivity contribution in [3.63, 3.8) is 0 Å². The summed E-state index contributed by atoms with van der Waals surface area (Å²) in [5.41, 5.74) is -0.180. The second kappa shape index (κ2) is 5.48. The standard InChI is InChI=1S/C10H19N5OS/c1-7(2)11-8(16)6-17-9-12-13-14-15(9)10(3,4)5/h7H,6H2,1-5H3,(H,11,16). The Balaban J connectivity index is 2.59. The number of nitrogens with one attached hydrogen (secondary N) is 1. The molecule has 0 spiro atoms. The monoisotopic (exact) mass is 257 g/mol. The molecule has 0 saturated heterocycles. The van der Waals surface area contributed by atoms with Gasteiger partial charge in [-0.15, -0.1) is 5.10 Å². The average molecular weight is 257 g/mol. The van der Waals surface area contributed by atoms with Crippen molar-refractivity contribution in [3.05, 3.63) is 0 Å². The number of nitrogens with zero attached hydrogens (tertiary/aromatic N) is 4. The zero-order chi connectivity index (χ0) is 13.1.